The van der Waals surface area contributed by atoms with Crippen LogP contribution >= 0.6 is 0 Å². The van der Waals surface area contributed by atoms with Crippen molar-refractivity contribution < 1.29 is 41.4 Å². The summed E-state index contributed by atoms with van der Waals surface area (Å²) in [6, 6.07) is 11.2. The third-order valence-electron chi connectivity index (χ3n) is 4.08. The van der Waals surface area contributed by atoms with Crippen molar-refractivity contribution in [1.82, 2.24) is 0 Å². The van der Waals surface area contributed by atoms with Crippen LogP contribution in [0.5, 0.6) is 5.75 Å². The number of nitrogens with one attached hydrogen (secondary N) is 1. The van der Waals surface area contributed by atoms with Gasteiger partial charge in [0.2, 0.25) is 0 Å². The van der Waals surface area contributed by atoms with Crippen LogP contribution in [0.2, 0.25) is 0 Å². The van der Waals surface area contributed by atoms with E-state index < -0.39 is 41.3 Å². The minimum Gasteiger partial charge on any atom is -0.478 e. The van der Waals surface area contributed by atoms with Crippen molar-refractivity contribution >= 4 is 17.6 Å². The zero-order valence-corrected chi connectivity index (χ0v) is 15.3. The number of carbonyl (C=O) groups excluding carboxylic acids is 1. The summed E-state index contributed by atoms with van der Waals surface area (Å²) in [6.07, 6.45) is -4.94. The molecule has 0 saturated heterocycles. The number of halogens is 5. The van der Waals surface area contributed by atoms with Gasteiger partial charge in [-0.25, -0.2) is 13.6 Å². The van der Waals surface area contributed by atoms with Gasteiger partial charge in [-0.1, -0.05) is 24.3 Å². The van der Waals surface area contributed by atoms with Gasteiger partial charge in [-0.15, -0.1) is 13.2 Å². The molecule has 0 aliphatic carbocycles. The van der Waals surface area contributed by atoms with E-state index in [4.69, 9.17) is 5.11 Å². The summed E-state index contributed by atoms with van der Waals surface area (Å²) in [6.45, 7) is 0. The van der Waals surface area contributed by atoms with Gasteiger partial charge in [0.05, 0.1) is 11.1 Å². The lowest BCUT2D eigenvalue weighted by molar-refractivity contribution is -0.274. The Morgan fingerprint density at radius 2 is 1.45 bits per heavy atom. The molecule has 10 heteroatoms. The van der Waals surface area contributed by atoms with Gasteiger partial charge in [-0.3, -0.25) is 4.79 Å². The zero-order chi connectivity index (χ0) is 22.8. The summed E-state index contributed by atoms with van der Waals surface area (Å²) in [5.74, 6) is -5.45. The predicted molar refractivity (Wildman–Crippen MR) is 99.8 cm³/mol. The van der Waals surface area contributed by atoms with Crippen molar-refractivity contribution in [2.45, 2.75) is 6.36 Å². The van der Waals surface area contributed by atoms with E-state index in [0.29, 0.717) is 0 Å². The molecule has 2 N–H and O–H groups in total. The summed E-state index contributed by atoms with van der Waals surface area (Å²) >= 11 is 0. The highest BCUT2D eigenvalue weighted by Gasteiger charge is 2.31. The number of benzene rings is 3. The van der Waals surface area contributed by atoms with Crippen molar-refractivity contribution in [2.24, 2.45) is 0 Å². The summed E-state index contributed by atoms with van der Waals surface area (Å²) in [4.78, 5) is 23.6. The lowest BCUT2D eigenvalue weighted by Gasteiger charge is -2.13. The Bertz CT molecular complexity index is 1140. The Labute approximate surface area is 171 Å². The molecule has 0 aliphatic heterocycles. The van der Waals surface area contributed by atoms with Crippen molar-refractivity contribution in [3.8, 4) is 16.9 Å². The number of amides is 1. The second-order valence-electron chi connectivity index (χ2n) is 6.20. The van der Waals surface area contributed by atoms with Crippen LogP contribution in [0.15, 0.2) is 60.7 Å². The van der Waals surface area contributed by atoms with Gasteiger partial charge in [-0.2, -0.15) is 0 Å². The van der Waals surface area contributed by atoms with Crippen LogP contribution in [0.4, 0.5) is 27.6 Å². The molecule has 3 rings (SSSR count). The minimum atomic E-state index is -4.94. The molecule has 0 unspecified atom stereocenters. The molecule has 0 radical (unpaired) electrons. The first-order valence-corrected chi connectivity index (χ1v) is 8.54. The molecule has 0 spiro atoms. The highest BCUT2D eigenvalue weighted by atomic mass is 19.4. The maximum Gasteiger partial charge on any atom is 0.573 e. The fourth-order valence-corrected chi connectivity index (χ4v) is 2.78. The third kappa shape index (κ3) is 5.16. The molecule has 0 heterocycles. The van der Waals surface area contributed by atoms with E-state index in [2.05, 4.69) is 4.74 Å². The minimum absolute atomic E-state index is 0.0358. The van der Waals surface area contributed by atoms with E-state index in [0.717, 1.165) is 30.3 Å². The molecule has 0 aliphatic rings. The first-order chi connectivity index (χ1) is 14.5. The second-order valence-corrected chi connectivity index (χ2v) is 6.20. The number of ether oxygens (including phenoxy) is 1. The molecule has 0 aromatic heterocycles. The van der Waals surface area contributed by atoms with E-state index >= 15 is 0 Å². The van der Waals surface area contributed by atoms with Crippen LogP contribution in [0.25, 0.3) is 11.1 Å². The normalized spacial score (nSPS) is 11.1. The van der Waals surface area contributed by atoms with Gasteiger partial charge < -0.3 is 15.2 Å². The molecule has 3 aromatic carbocycles. The number of alkyl halides is 3. The Morgan fingerprint density at radius 1 is 0.839 bits per heavy atom. The number of hydrogen-bond acceptors (Lipinski definition) is 3. The SMILES string of the molecule is O=C(O)c1ccccc1C(=O)Nc1c(F)cc(-c2cccc(OC(F)(F)F)c2)cc1F. The fraction of sp³-hybridized carbons (Fsp3) is 0.0476. The Kier molecular flexibility index (Phi) is 5.91. The van der Waals surface area contributed by atoms with Crippen molar-refractivity contribution in [3.63, 3.8) is 0 Å². The first kappa shape index (κ1) is 21.8. The highest BCUT2D eigenvalue weighted by Crippen LogP contribution is 2.31. The van der Waals surface area contributed by atoms with Crippen LogP contribution in [-0.4, -0.2) is 23.3 Å². The fourth-order valence-electron chi connectivity index (χ4n) is 2.78. The van der Waals surface area contributed by atoms with Crippen LogP contribution in [0.3, 0.4) is 0 Å². The molecule has 0 fully saturated rings. The molecular weight excluding hydrogens is 425 g/mol. The standard InChI is InChI=1S/C21H12F5NO4/c22-16-9-12(11-4-3-5-13(8-11)31-21(24,25)26)10-17(23)18(16)27-19(28)14-6-1-2-7-15(14)20(29)30/h1-10H,(H,27,28)(H,29,30). The van der Waals surface area contributed by atoms with Gasteiger partial charge in [-0.05, 0) is 47.5 Å². The number of carboxylic acid groups (broad SMARTS) is 1. The van der Waals surface area contributed by atoms with Crippen molar-refractivity contribution in [2.75, 3.05) is 5.32 Å². The van der Waals surface area contributed by atoms with Gasteiger partial charge in [0.15, 0.2) is 0 Å². The smallest absolute Gasteiger partial charge is 0.478 e. The van der Waals surface area contributed by atoms with Gasteiger partial charge in [0, 0.05) is 0 Å². The van der Waals surface area contributed by atoms with E-state index in [-0.39, 0.29) is 22.3 Å². The summed E-state index contributed by atoms with van der Waals surface area (Å²) in [7, 11) is 0. The maximum atomic E-state index is 14.5. The third-order valence-corrected chi connectivity index (χ3v) is 4.08. The first-order valence-electron chi connectivity index (χ1n) is 8.54. The van der Waals surface area contributed by atoms with Crippen LogP contribution in [0, 0.1) is 11.6 Å². The number of rotatable bonds is 5. The number of anilines is 1. The van der Waals surface area contributed by atoms with E-state index in [1.807, 2.05) is 5.32 Å². The highest BCUT2D eigenvalue weighted by molar-refractivity contribution is 6.10. The number of hydrogen-bond donors (Lipinski definition) is 2. The Morgan fingerprint density at radius 3 is 2.03 bits per heavy atom. The number of carbonyl (C=O) groups is 2. The van der Waals surface area contributed by atoms with E-state index in [1.54, 1.807) is 0 Å². The summed E-state index contributed by atoms with van der Waals surface area (Å²) < 4.78 is 70.0. The Hall–Kier alpha value is -3.95. The van der Waals surface area contributed by atoms with Crippen molar-refractivity contribution in [1.29, 1.82) is 0 Å². The Balaban J connectivity index is 1.91. The average molecular weight is 437 g/mol. The second kappa shape index (κ2) is 8.42. The molecule has 160 valence electrons. The monoisotopic (exact) mass is 437 g/mol. The van der Waals surface area contributed by atoms with Crippen LogP contribution < -0.4 is 10.1 Å². The van der Waals surface area contributed by atoms with E-state index in [1.165, 1.54) is 30.3 Å². The quantitative estimate of drug-likeness (QED) is 0.519. The molecule has 0 saturated carbocycles. The molecule has 0 bridgehead atoms. The molecular formula is C21H12F5NO4. The van der Waals surface area contributed by atoms with Crippen LogP contribution in [-0.2, 0) is 0 Å². The molecule has 0 atom stereocenters. The van der Waals surface area contributed by atoms with Gasteiger partial charge in [0.25, 0.3) is 5.91 Å². The molecule has 1 amide bonds. The lowest BCUT2D eigenvalue weighted by atomic mass is 10.0. The number of aromatic carboxylic acids is 1. The maximum absolute atomic E-state index is 14.5. The molecule has 3 aromatic rings. The van der Waals surface area contributed by atoms with Crippen molar-refractivity contribution in [3.05, 3.63) is 83.4 Å². The van der Waals surface area contributed by atoms with E-state index in [9.17, 15) is 31.5 Å². The largest absolute Gasteiger partial charge is 0.573 e. The predicted octanol–water partition coefficient (Wildman–Crippen LogP) is 5.48. The summed E-state index contributed by atoms with van der Waals surface area (Å²) in [5.41, 5.74) is -1.58. The molecule has 5 nitrogen and oxygen atoms in total. The summed E-state index contributed by atoms with van der Waals surface area (Å²) in [5, 5.41) is 11.1. The topological polar surface area (TPSA) is 75.6 Å². The number of carboxylic acids is 1. The molecule has 31 heavy (non-hydrogen) atoms. The van der Waals surface area contributed by atoms with Gasteiger partial charge in [0.1, 0.15) is 23.1 Å². The average Bonchev–Trinajstić information content (AvgIpc) is 2.69. The zero-order valence-electron chi connectivity index (χ0n) is 15.3. The van der Waals surface area contributed by atoms with Crippen LogP contribution in [0.1, 0.15) is 20.7 Å². The van der Waals surface area contributed by atoms with Gasteiger partial charge >= 0.3 is 12.3 Å². The lowest BCUT2D eigenvalue weighted by Crippen LogP contribution is -2.18.